The van der Waals surface area contributed by atoms with Crippen molar-refractivity contribution in [1.29, 1.82) is 0 Å². The van der Waals surface area contributed by atoms with E-state index in [1.165, 1.54) is 23.0 Å². The molecular formula is C25H22N2O3S. The second-order valence-corrected chi connectivity index (χ2v) is 7.97. The van der Waals surface area contributed by atoms with Crippen LogP contribution in [0.2, 0.25) is 0 Å². The topological polar surface area (TPSA) is 60.5 Å². The first kappa shape index (κ1) is 20.6. The fourth-order valence-corrected chi connectivity index (χ4v) is 3.95. The zero-order chi connectivity index (χ0) is 21.6. The molecule has 1 aromatic heterocycles. The number of aromatic nitrogens is 1. The summed E-state index contributed by atoms with van der Waals surface area (Å²) in [6, 6.07) is 21.5. The smallest absolute Gasteiger partial charge is 0.250 e. The predicted octanol–water partition coefficient (Wildman–Crippen LogP) is 5.84. The summed E-state index contributed by atoms with van der Waals surface area (Å²) in [5.74, 6) is 1.03. The van der Waals surface area contributed by atoms with Crippen molar-refractivity contribution < 1.29 is 14.3 Å². The number of hydrogen-bond acceptors (Lipinski definition) is 5. The summed E-state index contributed by atoms with van der Waals surface area (Å²) >= 11 is 1.45. The number of nitrogens with zero attached hydrogens (tertiary/aromatic N) is 1. The third-order valence-electron chi connectivity index (χ3n) is 4.78. The maximum absolute atomic E-state index is 12.3. The molecule has 0 atom stereocenters. The molecule has 0 radical (unpaired) electrons. The standard InChI is InChI=1S/C25H22N2O3S/c1-17-7-3-4-8-19(17)16-30-21-13-11-18(15-22(21)29-2)12-14-24(28)27-25-26-20-9-5-6-10-23(20)31-25/h3-15H,16H2,1-2H3,(H,26,27,28)/b14-12+. The number of hydrogen-bond donors (Lipinski definition) is 1. The molecule has 1 amide bonds. The van der Waals surface area contributed by atoms with Crippen LogP contribution in [0.1, 0.15) is 16.7 Å². The third kappa shape index (κ3) is 5.10. The number of thiazole rings is 1. The lowest BCUT2D eigenvalue weighted by molar-refractivity contribution is -0.111. The van der Waals surface area contributed by atoms with E-state index < -0.39 is 0 Å². The molecule has 1 N–H and O–H groups in total. The molecule has 5 nitrogen and oxygen atoms in total. The number of fused-ring (bicyclic) bond motifs is 1. The average molecular weight is 431 g/mol. The van der Waals surface area contributed by atoms with Crippen LogP contribution in [-0.4, -0.2) is 18.0 Å². The molecule has 0 aliphatic carbocycles. The van der Waals surface area contributed by atoms with E-state index in [9.17, 15) is 4.79 Å². The number of benzene rings is 3. The van der Waals surface area contributed by atoms with Gasteiger partial charge in [0.1, 0.15) is 6.61 Å². The zero-order valence-electron chi connectivity index (χ0n) is 17.3. The molecule has 0 aliphatic rings. The highest BCUT2D eigenvalue weighted by Gasteiger charge is 2.08. The normalized spacial score (nSPS) is 11.0. The van der Waals surface area contributed by atoms with E-state index >= 15 is 0 Å². The Morgan fingerprint density at radius 3 is 2.68 bits per heavy atom. The van der Waals surface area contributed by atoms with Crippen LogP contribution in [0.15, 0.2) is 72.8 Å². The molecule has 0 saturated heterocycles. The minimum absolute atomic E-state index is 0.238. The van der Waals surface area contributed by atoms with Crippen LogP contribution < -0.4 is 14.8 Å². The fraction of sp³-hybridized carbons (Fsp3) is 0.120. The number of aryl methyl sites for hydroxylation is 1. The summed E-state index contributed by atoms with van der Waals surface area (Å²) in [5.41, 5.74) is 4.01. The van der Waals surface area contributed by atoms with Gasteiger partial charge < -0.3 is 9.47 Å². The molecular weight excluding hydrogens is 408 g/mol. The molecule has 0 fully saturated rings. The van der Waals surface area contributed by atoms with Gasteiger partial charge >= 0.3 is 0 Å². The molecule has 3 aromatic carbocycles. The average Bonchev–Trinajstić information content (AvgIpc) is 3.19. The van der Waals surface area contributed by atoms with Gasteiger partial charge in [-0.05, 0) is 54.0 Å². The first-order chi connectivity index (χ1) is 15.1. The van der Waals surface area contributed by atoms with Crippen molar-refractivity contribution in [2.75, 3.05) is 12.4 Å². The molecule has 1 heterocycles. The molecule has 0 aliphatic heterocycles. The van der Waals surface area contributed by atoms with Crippen LogP contribution in [0.5, 0.6) is 11.5 Å². The Morgan fingerprint density at radius 2 is 1.87 bits per heavy atom. The van der Waals surface area contributed by atoms with Gasteiger partial charge in [-0.3, -0.25) is 10.1 Å². The summed E-state index contributed by atoms with van der Waals surface area (Å²) in [5, 5.41) is 3.39. The number of rotatable bonds is 7. The quantitative estimate of drug-likeness (QED) is 0.374. The van der Waals surface area contributed by atoms with Gasteiger partial charge in [-0.1, -0.05) is 53.8 Å². The van der Waals surface area contributed by atoms with E-state index in [4.69, 9.17) is 9.47 Å². The number of para-hydroxylation sites is 1. The molecule has 6 heteroatoms. The van der Waals surface area contributed by atoms with Crippen LogP contribution in [0.4, 0.5) is 5.13 Å². The number of methoxy groups -OCH3 is 1. The summed E-state index contributed by atoms with van der Waals surface area (Å²) < 4.78 is 12.5. The molecule has 4 aromatic rings. The predicted molar refractivity (Wildman–Crippen MR) is 126 cm³/mol. The van der Waals surface area contributed by atoms with Crippen molar-refractivity contribution in [2.45, 2.75) is 13.5 Å². The van der Waals surface area contributed by atoms with Gasteiger partial charge in [0.05, 0.1) is 17.3 Å². The van der Waals surface area contributed by atoms with Crippen LogP contribution in [0, 0.1) is 6.92 Å². The van der Waals surface area contributed by atoms with Crippen molar-refractivity contribution >= 4 is 38.7 Å². The summed E-state index contributed by atoms with van der Waals surface area (Å²) in [7, 11) is 1.60. The maximum Gasteiger partial charge on any atom is 0.250 e. The van der Waals surface area contributed by atoms with Gasteiger partial charge in [0.25, 0.3) is 0 Å². The minimum atomic E-state index is -0.238. The number of anilines is 1. The van der Waals surface area contributed by atoms with Crippen LogP contribution in [0.3, 0.4) is 0 Å². The van der Waals surface area contributed by atoms with E-state index in [2.05, 4.69) is 23.3 Å². The van der Waals surface area contributed by atoms with Gasteiger partial charge in [-0.2, -0.15) is 0 Å². The van der Waals surface area contributed by atoms with Gasteiger partial charge in [-0.25, -0.2) is 4.98 Å². The summed E-state index contributed by atoms with van der Waals surface area (Å²) in [6.07, 6.45) is 3.21. The van der Waals surface area contributed by atoms with Gasteiger partial charge in [0.2, 0.25) is 5.91 Å². The van der Waals surface area contributed by atoms with Gasteiger partial charge in [-0.15, -0.1) is 0 Å². The zero-order valence-corrected chi connectivity index (χ0v) is 18.1. The molecule has 0 spiro atoms. The largest absolute Gasteiger partial charge is 0.493 e. The Bertz CT molecular complexity index is 1210. The molecule has 0 bridgehead atoms. The molecule has 156 valence electrons. The Kier molecular flexibility index (Phi) is 6.29. The monoisotopic (exact) mass is 430 g/mol. The molecule has 0 saturated carbocycles. The molecule has 0 unspecified atom stereocenters. The minimum Gasteiger partial charge on any atom is -0.493 e. The van der Waals surface area contributed by atoms with Crippen LogP contribution in [-0.2, 0) is 11.4 Å². The first-order valence-corrected chi connectivity index (χ1v) is 10.6. The second kappa shape index (κ2) is 9.45. The third-order valence-corrected chi connectivity index (χ3v) is 5.74. The Labute approximate surface area is 185 Å². The van der Waals surface area contributed by atoms with E-state index in [0.29, 0.717) is 23.2 Å². The SMILES string of the molecule is COc1cc(/C=C/C(=O)Nc2nc3ccccc3s2)ccc1OCc1ccccc1C. The lowest BCUT2D eigenvalue weighted by Crippen LogP contribution is -2.07. The van der Waals surface area contributed by atoms with Crippen molar-refractivity contribution in [3.63, 3.8) is 0 Å². The summed E-state index contributed by atoms with van der Waals surface area (Å²) in [6.45, 7) is 2.52. The van der Waals surface area contributed by atoms with Crippen molar-refractivity contribution in [2.24, 2.45) is 0 Å². The maximum atomic E-state index is 12.3. The molecule has 4 rings (SSSR count). The van der Waals surface area contributed by atoms with Crippen molar-refractivity contribution in [3.8, 4) is 11.5 Å². The van der Waals surface area contributed by atoms with E-state index in [0.717, 1.165) is 21.3 Å². The van der Waals surface area contributed by atoms with Gasteiger partial charge in [0, 0.05) is 6.08 Å². The molecule has 31 heavy (non-hydrogen) atoms. The Morgan fingerprint density at radius 1 is 1.06 bits per heavy atom. The number of carbonyl (C=O) groups is 1. The van der Waals surface area contributed by atoms with Gasteiger partial charge in [0.15, 0.2) is 16.6 Å². The highest BCUT2D eigenvalue weighted by molar-refractivity contribution is 7.22. The second-order valence-electron chi connectivity index (χ2n) is 6.93. The lowest BCUT2D eigenvalue weighted by atomic mass is 10.1. The number of carbonyl (C=O) groups excluding carboxylic acids is 1. The highest BCUT2D eigenvalue weighted by atomic mass is 32.1. The van der Waals surface area contributed by atoms with Crippen LogP contribution >= 0.6 is 11.3 Å². The first-order valence-electron chi connectivity index (χ1n) is 9.82. The fourth-order valence-electron chi connectivity index (χ4n) is 3.08. The lowest BCUT2D eigenvalue weighted by Gasteiger charge is -2.12. The number of amides is 1. The van der Waals surface area contributed by atoms with Crippen LogP contribution in [0.25, 0.3) is 16.3 Å². The van der Waals surface area contributed by atoms with Crippen molar-refractivity contribution in [3.05, 3.63) is 89.5 Å². The van der Waals surface area contributed by atoms with E-state index in [1.807, 2.05) is 60.7 Å². The van der Waals surface area contributed by atoms with Crippen molar-refractivity contribution in [1.82, 2.24) is 4.98 Å². The number of nitrogens with one attached hydrogen (secondary N) is 1. The highest BCUT2D eigenvalue weighted by Crippen LogP contribution is 2.30. The Hall–Kier alpha value is -3.64. The number of ether oxygens (including phenoxy) is 2. The Balaban J connectivity index is 1.41. The van der Waals surface area contributed by atoms with E-state index in [1.54, 1.807) is 13.2 Å². The summed E-state index contributed by atoms with van der Waals surface area (Å²) in [4.78, 5) is 16.7. The van der Waals surface area contributed by atoms with E-state index in [-0.39, 0.29) is 5.91 Å².